The van der Waals surface area contributed by atoms with Gasteiger partial charge in [-0.25, -0.2) is 4.98 Å². The Morgan fingerprint density at radius 3 is 2.21 bits per heavy atom. The summed E-state index contributed by atoms with van der Waals surface area (Å²) in [7, 11) is 3.13. The molecule has 1 aromatic rings. The highest BCUT2D eigenvalue weighted by Crippen LogP contribution is 2.41. The van der Waals surface area contributed by atoms with Gasteiger partial charge in [-0.3, -0.25) is 4.79 Å². The minimum Gasteiger partial charge on any atom is -0.501 e. The Morgan fingerprint density at radius 2 is 1.79 bits per heavy atom. The molecule has 0 saturated heterocycles. The Bertz CT molecular complexity index is 658. The first kappa shape index (κ1) is 26.4. The quantitative estimate of drug-likeness (QED) is 0.207. The average molecular weight is 531 g/mol. The molecule has 1 aromatic heterocycles. The van der Waals surface area contributed by atoms with Gasteiger partial charge in [0.25, 0.3) is 0 Å². The summed E-state index contributed by atoms with van der Waals surface area (Å²) >= 11 is 37.2. The van der Waals surface area contributed by atoms with Crippen molar-refractivity contribution in [2.75, 3.05) is 14.2 Å². The van der Waals surface area contributed by atoms with Crippen molar-refractivity contribution in [1.29, 1.82) is 0 Å². The second-order valence-corrected chi connectivity index (χ2v) is 12.1. The molecule has 0 aliphatic rings. The number of nitrogens with zero attached hydrogens (tertiary/aromatic N) is 2. The highest BCUT2D eigenvalue weighted by atomic mass is 35.6. The molecule has 11 heteroatoms. The molecule has 0 fully saturated rings. The van der Waals surface area contributed by atoms with Crippen molar-refractivity contribution < 1.29 is 9.53 Å². The molecule has 0 N–H and O–H groups in total. The molecule has 0 bridgehead atoms. The van der Waals surface area contributed by atoms with Gasteiger partial charge in [0.15, 0.2) is 7.59 Å². The summed E-state index contributed by atoms with van der Waals surface area (Å²) in [6.07, 6.45) is 3.77. The number of amides is 1. The highest BCUT2D eigenvalue weighted by molar-refractivity contribution is 7.09. The van der Waals surface area contributed by atoms with Gasteiger partial charge in [0.1, 0.15) is 10.8 Å². The second kappa shape index (κ2) is 11.1. The normalized spacial score (nSPS) is 16.4. The molecule has 0 unspecified atom stereocenters. The van der Waals surface area contributed by atoms with Crippen LogP contribution in [0.1, 0.15) is 37.7 Å². The number of rotatable bonds is 8. The molecule has 3 atom stereocenters. The molecule has 4 nitrogen and oxygen atoms in total. The highest BCUT2D eigenvalue weighted by Gasteiger charge is 2.35. The Morgan fingerprint density at radius 1 is 1.21 bits per heavy atom. The van der Waals surface area contributed by atoms with Crippen LogP contribution in [0.2, 0.25) is 0 Å². The number of hydrogen-bond donors (Lipinski definition) is 0. The summed E-state index contributed by atoms with van der Waals surface area (Å²) in [5.74, 6) is -0.536. The third-order valence-corrected chi connectivity index (χ3v) is 7.41. The maximum Gasteiger partial charge on any atom is 0.250 e. The van der Waals surface area contributed by atoms with E-state index in [1.807, 2.05) is 12.3 Å². The third kappa shape index (κ3) is 8.25. The predicted octanol–water partition coefficient (Wildman–Crippen LogP) is 6.97. The fraction of sp³-hybridized carbons (Fsp3) is 0.647. The molecule has 1 amide bonds. The lowest BCUT2D eigenvalue weighted by molar-refractivity contribution is -0.127. The van der Waals surface area contributed by atoms with Gasteiger partial charge in [-0.2, -0.15) is 0 Å². The van der Waals surface area contributed by atoms with Gasteiger partial charge in [-0.05, 0) is 6.42 Å². The Hall–Kier alpha value is 0.380. The Kier molecular flexibility index (Phi) is 10.5. The fourth-order valence-electron chi connectivity index (χ4n) is 2.30. The lowest BCUT2D eigenvalue weighted by atomic mass is 10.0. The van der Waals surface area contributed by atoms with Crippen molar-refractivity contribution in [3.8, 4) is 0 Å². The number of carbonyl (C=O) groups excluding carboxylic acids is 1. The van der Waals surface area contributed by atoms with Gasteiger partial charge in [0.05, 0.1) is 13.2 Å². The van der Waals surface area contributed by atoms with Crippen LogP contribution in [0.3, 0.4) is 0 Å². The predicted molar refractivity (Wildman–Crippen MR) is 121 cm³/mol. The van der Waals surface area contributed by atoms with Gasteiger partial charge in [-0.1, -0.05) is 83.5 Å². The molecule has 160 valence electrons. The van der Waals surface area contributed by atoms with E-state index >= 15 is 0 Å². The van der Waals surface area contributed by atoms with E-state index in [2.05, 4.69) is 4.98 Å². The van der Waals surface area contributed by atoms with Crippen LogP contribution in [0.5, 0.6) is 0 Å². The van der Waals surface area contributed by atoms with E-state index in [1.165, 1.54) is 24.5 Å². The number of alkyl halides is 6. The van der Waals surface area contributed by atoms with Gasteiger partial charge >= 0.3 is 0 Å². The topological polar surface area (TPSA) is 42.4 Å². The van der Waals surface area contributed by atoms with Crippen molar-refractivity contribution in [3.05, 3.63) is 28.4 Å². The molecule has 1 heterocycles. The SMILES string of the molecule is CO/C(=C/C(=O)N(C)[C@@H](C[C@H](C)C(Cl)(Cl)Cl)c1nccs1)C[C@H](C)C(Cl)(Cl)Cl. The number of likely N-dealkylation sites (N-methyl/N-ethyl adjacent to an activating group) is 1. The van der Waals surface area contributed by atoms with E-state index in [0.29, 0.717) is 18.6 Å². The van der Waals surface area contributed by atoms with Gasteiger partial charge in [0.2, 0.25) is 5.91 Å². The third-order valence-electron chi connectivity index (χ3n) is 4.30. The van der Waals surface area contributed by atoms with Crippen molar-refractivity contribution in [2.45, 2.75) is 40.3 Å². The summed E-state index contributed by atoms with van der Waals surface area (Å²) in [6.45, 7) is 3.57. The molecule has 0 saturated carbocycles. The van der Waals surface area contributed by atoms with Crippen molar-refractivity contribution >= 4 is 86.8 Å². The van der Waals surface area contributed by atoms with Gasteiger partial charge < -0.3 is 9.64 Å². The number of halogens is 6. The zero-order valence-corrected chi connectivity index (χ0v) is 21.1. The number of allylic oxidation sites excluding steroid dienone is 1. The molecule has 0 aromatic carbocycles. The minimum atomic E-state index is -1.46. The van der Waals surface area contributed by atoms with E-state index in [9.17, 15) is 4.79 Å². The smallest absolute Gasteiger partial charge is 0.250 e. The molecular formula is C17H22Cl6N2O2S. The molecule has 0 spiro atoms. The van der Waals surface area contributed by atoms with Gasteiger partial charge in [-0.15, -0.1) is 11.3 Å². The lowest BCUT2D eigenvalue weighted by Crippen LogP contribution is -2.33. The zero-order valence-electron chi connectivity index (χ0n) is 15.8. The maximum atomic E-state index is 12.9. The Labute approximate surface area is 200 Å². The number of aromatic nitrogens is 1. The van der Waals surface area contributed by atoms with E-state index in [0.717, 1.165) is 5.01 Å². The second-order valence-electron chi connectivity index (χ2n) is 6.48. The van der Waals surface area contributed by atoms with Crippen LogP contribution in [-0.2, 0) is 9.53 Å². The number of carbonyl (C=O) groups is 1. The van der Waals surface area contributed by atoms with Crippen LogP contribution in [0.4, 0.5) is 0 Å². The molecule has 0 aliphatic heterocycles. The zero-order chi connectivity index (χ0) is 21.7. The van der Waals surface area contributed by atoms with Crippen LogP contribution < -0.4 is 0 Å². The standard InChI is InChI=1S/C17H22Cl6N2O2S/c1-10(16(18,19)20)7-12(27-4)9-14(26)25(3)13(15-24-5-6-28-15)8-11(2)17(21,22)23/h5-6,9-11,13H,7-8H2,1-4H3/b12-9+/t10-,11-,13-/m0/s1. The summed E-state index contributed by atoms with van der Waals surface area (Å²) in [5, 5.41) is 2.58. The summed E-state index contributed by atoms with van der Waals surface area (Å²) in [4.78, 5) is 18.7. The number of methoxy groups -OCH3 is 1. The van der Waals surface area contributed by atoms with Crippen LogP contribution in [0.15, 0.2) is 23.4 Å². The molecule has 0 aliphatic carbocycles. The summed E-state index contributed by atoms with van der Waals surface area (Å²) < 4.78 is 2.39. The molecular weight excluding hydrogens is 509 g/mol. The number of thiazole rings is 1. The fourth-order valence-corrected chi connectivity index (χ4v) is 3.60. The van der Waals surface area contributed by atoms with E-state index < -0.39 is 7.59 Å². The van der Waals surface area contributed by atoms with Crippen LogP contribution in [0, 0.1) is 11.8 Å². The van der Waals surface area contributed by atoms with Gasteiger partial charge in [0, 0.05) is 43.0 Å². The van der Waals surface area contributed by atoms with E-state index in [-0.39, 0.29) is 23.8 Å². The lowest BCUT2D eigenvalue weighted by Gasteiger charge is -2.30. The van der Waals surface area contributed by atoms with Crippen molar-refractivity contribution in [3.63, 3.8) is 0 Å². The first-order valence-electron chi connectivity index (χ1n) is 8.31. The van der Waals surface area contributed by atoms with Crippen LogP contribution in [-0.4, -0.2) is 37.5 Å². The summed E-state index contributed by atoms with van der Waals surface area (Å²) in [5.41, 5.74) is 0. The maximum absolute atomic E-state index is 12.9. The van der Waals surface area contributed by atoms with E-state index in [4.69, 9.17) is 74.3 Å². The first-order valence-corrected chi connectivity index (χ1v) is 11.5. The van der Waals surface area contributed by atoms with E-state index in [1.54, 1.807) is 25.1 Å². The number of ether oxygens (including phenoxy) is 1. The van der Waals surface area contributed by atoms with Crippen LogP contribution in [0.25, 0.3) is 0 Å². The number of hydrogen-bond acceptors (Lipinski definition) is 4. The molecule has 0 radical (unpaired) electrons. The average Bonchev–Trinajstić information content (AvgIpc) is 3.10. The van der Waals surface area contributed by atoms with Crippen molar-refractivity contribution in [1.82, 2.24) is 9.88 Å². The monoisotopic (exact) mass is 528 g/mol. The van der Waals surface area contributed by atoms with Crippen LogP contribution >= 0.6 is 80.9 Å². The largest absolute Gasteiger partial charge is 0.501 e. The minimum absolute atomic E-state index is 0.287. The molecule has 28 heavy (non-hydrogen) atoms. The first-order chi connectivity index (χ1) is 12.8. The van der Waals surface area contributed by atoms with Crippen molar-refractivity contribution in [2.24, 2.45) is 11.8 Å². The summed E-state index contributed by atoms with van der Waals surface area (Å²) in [6, 6.07) is -0.363. The Balaban J connectivity index is 3.03. The molecule has 1 rings (SSSR count).